The maximum Gasteiger partial charge on any atom is 0.0589 e. The highest BCUT2D eigenvalue weighted by Crippen LogP contribution is 2.20. The summed E-state index contributed by atoms with van der Waals surface area (Å²) < 4.78 is 10.3. The molecule has 0 aliphatic rings. The van der Waals surface area contributed by atoms with Crippen molar-refractivity contribution in [2.75, 3.05) is 52.8 Å². The van der Waals surface area contributed by atoms with Gasteiger partial charge in [0.1, 0.15) is 0 Å². The van der Waals surface area contributed by atoms with Gasteiger partial charge in [-0.2, -0.15) is 0 Å². The molecule has 1 aromatic rings. The van der Waals surface area contributed by atoms with Crippen LogP contribution < -0.4 is 0 Å². The third-order valence-electron chi connectivity index (χ3n) is 3.38. The molecule has 0 bridgehead atoms. The summed E-state index contributed by atoms with van der Waals surface area (Å²) in [6.07, 6.45) is 0. The van der Waals surface area contributed by atoms with Crippen molar-refractivity contribution in [1.29, 1.82) is 0 Å². The van der Waals surface area contributed by atoms with Gasteiger partial charge in [0.25, 0.3) is 0 Å². The van der Waals surface area contributed by atoms with Crippen LogP contribution in [0.25, 0.3) is 0 Å². The minimum absolute atomic E-state index is 0.776. The molecule has 1 rings (SSSR count). The molecule has 0 saturated heterocycles. The molecule has 114 valence electrons. The van der Waals surface area contributed by atoms with Gasteiger partial charge in [-0.05, 0) is 37.1 Å². The Morgan fingerprint density at radius 2 is 1.60 bits per heavy atom. The number of benzene rings is 1. The van der Waals surface area contributed by atoms with E-state index in [4.69, 9.17) is 9.47 Å². The van der Waals surface area contributed by atoms with E-state index in [1.807, 2.05) is 11.8 Å². The Morgan fingerprint density at radius 1 is 0.950 bits per heavy atom. The van der Waals surface area contributed by atoms with Gasteiger partial charge in [-0.15, -0.1) is 11.8 Å². The van der Waals surface area contributed by atoms with Crippen molar-refractivity contribution in [2.45, 2.75) is 18.7 Å². The lowest BCUT2D eigenvalue weighted by atomic mass is 10.1. The Balaban J connectivity index is 2.36. The van der Waals surface area contributed by atoms with E-state index in [2.05, 4.69) is 36.9 Å². The topological polar surface area (TPSA) is 21.7 Å². The van der Waals surface area contributed by atoms with Crippen molar-refractivity contribution in [1.82, 2.24) is 4.90 Å². The number of aryl methyl sites for hydroxylation is 2. The van der Waals surface area contributed by atoms with Crippen LogP contribution in [0.4, 0.5) is 0 Å². The SMILES string of the molecule is COCCN(CCOC)CCSc1ccc(C)c(C)c1. The van der Waals surface area contributed by atoms with Crippen LogP contribution in [0.2, 0.25) is 0 Å². The van der Waals surface area contributed by atoms with Gasteiger partial charge in [0.2, 0.25) is 0 Å². The maximum atomic E-state index is 5.16. The number of methoxy groups -OCH3 is 2. The van der Waals surface area contributed by atoms with E-state index in [1.54, 1.807) is 14.2 Å². The molecule has 0 spiro atoms. The molecule has 4 heteroatoms. The van der Waals surface area contributed by atoms with Crippen molar-refractivity contribution < 1.29 is 9.47 Å². The molecule has 20 heavy (non-hydrogen) atoms. The van der Waals surface area contributed by atoms with Crippen molar-refractivity contribution >= 4 is 11.8 Å². The number of hydrogen-bond donors (Lipinski definition) is 0. The largest absolute Gasteiger partial charge is 0.383 e. The molecule has 0 atom stereocenters. The van der Waals surface area contributed by atoms with Gasteiger partial charge in [0.15, 0.2) is 0 Å². The molecule has 0 heterocycles. The highest BCUT2D eigenvalue weighted by Gasteiger charge is 2.05. The fourth-order valence-electron chi connectivity index (χ4n) is 1.87. The van der Waals surface area contributed by atoms with E-state index in [0.29, 0.717) is 0 Å². The Morgan fingerprint density at radius 3 is 2.15 bits per heavy atom. The zero-order valence-corrected chi connectivity index (χ0v) is 14.0. The molecule has 0 saturated carbocycles. The monoisotopic (exact) mass is 297 g/mol. The van der Waals surface area contributed by atoms with Crippen LogP contribution in [0, 0.1) is 13.8 Å². The quantitative estimate of drug-likeness (QED) is 0.619. The molecule has 0 unspecified atom stereocenters. The highest BCUT2D eigenvalue weighted by molar-refractivity contribution is 7.99. The van der Waals surface area contributed by atoms with Gasteiger partial charge in [-0.1, -0.05) is 6.07 Å². The van der Waals surface area contributed by atoms with Gasteiger partial charge in [0, 0.05) is 44.5 Å². The minimum atomic E-state index is 0.776. The molecule has 0 radical (unpaired) electrons. The first-order valence-electron chi connectivity index (χ1n) is 7.07. The summed E-state index contributed by atoms with van der Waals surface area (Å²) in [7, 11) is 3.50. The number of rotatable bonds is 10. The molecule has 3 nitrogen and oxygen atoms in total. The number of nitrogens with zero attached hydrogens (tertiary/aromatic N) is 1. The predicted octanol–water partition coefficient (Wildman–Crippen LogP) is 2.99. The Labute approximate surface area is 127 Å². The second-order valence-corrected chi connectivity index (χ2v) is 6.09. The van der Waals surface area contributed by atoms with Crippen LogP contribution in [-0.2, 0) is 9.47 Å². The maximum absolute atomic E-state index is 5.16. The van der Waals surface area contributed by atoms with Crippen LogP contribution in [-0.4, -0.2) is 57.7 Å². The molecular formula is C16H27NO2S. The third kappa shape index (κ3) is 6.75. The number of ether oxygens (including phenoxy) is 2. The fourth-order valence-corrected chi connectivity index (χ4v) is 2.88. The molecule has 0 N–H and O–H groups in total. The van der Waals surface area contributed by atoms with E-state index < -0.39 is 0 Å². The summed E-state index contributed by atoms with van der Waals surface area (Å²) in [5.41, 5.74) is 2.72. The van der Waals surface area contributed by atoms with Crippen molar-refractivity contribution in [2.24, 2.45) is 0 Å². The summed E-state index contributed by atoms with van der Waals surface area (Å²) in [4.78, 5) is 3.74. The van der Waals surface area contributed by atoms with Crippen LogP contribution in [0.15, 0.2) is 23.1 Å². The van der Waals surface area contributed by atoms with Crippen LogP contribution in [0.1, 0.15) is 11.1 Å². The second kappa shape index (κ2) is 10.2. The number of thioether (sulfide) groups is 1. The van der Waals surface area contributed by atoms with Gasteiger partial charge in [-0.3, -0.25) is 4.90 Å². The van der Waals surface area contributed by atoms with Crippen LogP contribution in [0.5, 0.6) is 0 Å². The van der Waals surface area contributed by atoms with Crippen molar-refractivity contribution in [3.63, 3.8) is 0 Å². The lowest BCUT2D eigenvalue weighted by Crippen LogP contribution is -2.32. The average Bonchev–Trinajstić information content (AvgIpc) is 2.45. The smallest absolute Gasteiger partial charge is 0.0589 e. The Kier molecular flexibility index (Phi) is 8.94. The first-order chi connectivity index (χ1) is 9.67. The molecule has 0 fully saturated rings. The van der Waals surface area contributed by atoms with Gasteiger partial charge >= 0.3 is 0 Å². The summed E-state index contributed by atoms with van der Waals surface area (Å²) in [5, 5.41) is 0. The van der Waals surface area contributed by atoms with E-state index in [0.717, 1.165) is 38.6 Å². The first kappa shape index (κ1) is 17.5. The molecule has 0 amide bonds. The van der Waals surface area contributed by atoms with Gasteiger partial charge < -0.3 is 9.47 Å². The molecular weight excluding hydrogens is 270 g/mol. The number of hydrogen-bond acceptors (Lipinski definition) is 4. The van der Waals surface area contributed by atoms with Crippen LogP contribution in [0.3, 0.4) is 0 Å². The third-order valence-corrected chi connectivity index (χ3v) is 4.35. The normalized spacial score (nSPS) is 11.2. The standard InChI is InChI=1S/C16H27NO2S/c1-14-5-6-16(13-15(14)2)20-12-9-17(7-10-18-3)8-11-19-4/h5-6,13H,7-12H2,1-4H3. The predicted molar refractivity (Wildman–Crippen MR) is 86.8 cm³/mol. The Hall–Kier alpha value is -0.550. The lowest BCUT2D eigenvalue weighted by Gasteiger charge is -2.21. The lowest BCUT2D eigenvalue weighted by molar-refractivity contribution is 0.118. The fraction of sp³-hybridized carbons (Fsp3) is 0.625. The van der Waals surface area contributed by atoms with E-state index >= 15 is 0 Å². The Bertz CT molecular complexity index is 377. The zero-order valence-electron chi connectivity index (χ0n) is 13.1. The molecule has 0 aromatic heterocycles. The molecule has 0 aliphatic heterocycles. The van der Waals surface area contributed by atoms with E-state index in [1.165, 1.54) is 16.0 Å². The minimum Gasteiger partial charge on any atom is -0.383 e. The van der Waals surface area contributed by atoms with Gasteiger partial charge in [-0.25, -0.2) is 0 Å². The van der Waals surface area contributed by atoms with Crippen molar-refractivity contribution in [3.05, 3.63) is 29.3 Å². The average molecular weight is 297 g/mol. The van der Waals surface area contributed by atoms with E-state index in [-0.39, 0.29) is 0 Å². The summed E-state index contributed by atoms with van der Waals surface area (Å²) in [5.74, 6) is 1.09. The van der Waals surface area contributed by atoms with Crippen molar-refractivity contribution in [3.8, 4) is 0 Å². The molecule has 1 aromatic carbocycles. The van der Waals surface area contributed by atoms with Crippen LogP contribution >= 0.6 is 11.8 Å². The zero-order chi connectivity index (χ0) is 14.8. The summed E-state index contributed by atoms with van der Waals surface area (Å²) in [6.45, 7) is 8.87. The summed E-state index contributed by atoms with van der Waals surface area (Å²) in [6, 6.07) is 6.68. The van der Waals surface area contributed by atoms with Gasteiger partial charge in [0.05, 0.1) is 13.2 Å². The second-order valence-electron chi connectivity index (χ2n) is 4.92. The highest BCUT2D eigenvalue weighted by atomic mass is 32.2. The van der Waals surface area contributed by atoms with E-state index in [9.17, 15) is 0 Å². The molecule has 0 aliphatic carbocycles. The first-order valence-corrected chi connectivity index (χ1v) is 8.06. The summed E-state index contributed by atoms with van der Waals surface area (Å²) >= 11 is 1.92.